The molecule has 0 bridgehead atoms. The quantitative estimate of drug-likeness (QED) is 0.736. The number of hydrogen-bond acceptors (Lipinski definition) is 2. The highest BCUT2D eigenvalue weighted by molar-refractivity contribution is 7.33. The van der Waals surface area contributed by atoms with Gasteiger partial charge in [-0.2, -0.15) is 0 Å². The molecule has 0 amide bonds. The first-order valence-electron chi connectivity index (χ1n) is 4.72. The van der Waals surface area contributed by atoms with Gasteiger partial charge in [-0.1, -0.05) is 36.4 Å². The smallest absolute Gasteiger partial charge is 0.212 e. The summed E-state index contributed by atoms with van der Waals surface area (Å²) in [6.45, 7) is 0. The van der Waals surface area contributed by atoms with Crippen LogP contribution in [0.15, 0.2) is 48.5 Å². The van der Waals surface area contributed by atoms with Gasteiger partial charge < -0.3 is 0 Å². The molecule has 1 aromatic carbocycles. The molecule has 0 saturated heterocycles. The molecule has 0 fully saturated rings. The Hall–Kier alpha value is -1.53. The Morgan fingerprint density at radius 2 is 1.80 bits per heavy atom. The van der Waals surface area contributed by atoms with E-state index in [2.05, 4.69) is 17.1 Å². The van der Waals surface area contributed by atoms with Gasteiger partial charge in [0.15, 0.2) is 0 Å². The predicted molar refractivity (Wildman–Crippen MR) is 60.7 cm³/mol. The van der Waals surface area contributed by atoms with E-state index in [1.54, 1.807) is 6.07 Å². The van der Waals surface area contributed by atoms with Crippen molar-refractivity contribution in [2.24, 2.45) is 0 Å². The highest BCUT2D eigenvalue weighted by Crippen LogP contribution is 2.06. The van der Waals surface area contributed by atoms with Gasteiger partial charge in [0.25, 0.3) is 0 Å². The molecule has 1 heterocycles. The fraction of sp³-hybridized carbons (Fsp3) is 0.0833. The summed E-state index contributed by atoms with van der Waals surface area (Å²) in [6.07, 6.45) is 0.782. The average molecular weight is 215 g/mol. The van der Waals surface area contributed by atoms with Crippen molar-refractivity contribution in [1.82, 2.24) is 4.98 Å². The van der Waals surface area contributed by atoms with Crippen molar-refractivity contribution in [1.29, 1.82) is 0 Å². The molecule has 3 heteroatoms. The Bertz CT molecular complexity index is 456. The minimum Gasteiger partial charge on any atom is -0.268 e. The minimum absolute atomic E-state index is 0.0208. The monoisotopic (exact) mass is 215 g/mol. The van der Waals surface area contributed by atoms with E-state index >= 15 is 0 Å². The normalized spacial score (nSPS) is 10.4. The van der Waals surface area contributed by atoms with Crippen molar-refractivity contribution >= 4 is 13.9 Å². The van der Waals surface area contributed by atoms with E-state index in [9.17, 15) is 4.57 Å². The summed E-state index contributed by atoms with van der Waals surface area (Å²) in [5.41, 5.74) is 2.75. The maximum absolute atomic E-state index is 10.6. The summed E-state index contributed by atoms with van der Waals surface area (Å²) in [4.78, 5) is 4.26. The number of pyridine rings is 1. The first-order chi connectivity index (χ1) is 7.38. The van der Waals surface area contributed by atoms with Crippen LogP contribution in [0.4, 0.5) is 0 Å². The van der Waals surface area contributed by atoms with Gasteiger partial charge in [0.05, 0.1) is 0 Å². The molecule has 0 atom stereocenters. The molecule has 0 spiro atoms. The predicted octanol–water partition coefficient (Wildman–Crippen LogP) is 2.59. The van der Waals surface area contributed by atoms with E-state index in [-0.39, 0.29) is 8.46 Å². The SMILES string of the molecule is O=Pc1cccc(Cc2ccccc2)n1. The third kappa shape index (κ3) is 2.71. The van der Waals surface area contributed by atoms with Crippen LogP contribution in [-0.2, 0) is 11.0 Å². The fourth-order valence-electron chi connectivity index (χ4n) is 1.42. The Kier molecular flexibility index (Phi) is 3.21. The topological polar surface area (TPSA) is 30.0 Å². The van der Waals surface area contributed by atoms with Crippen LogP contribution in [0.2, 0.25) is 0 Å². The van der Waals surface area contributed by atoms with Gasteiger partial charge in [0, 0.05) is 12.1 Å². The van der Waals surface area contributed by atoms with Gasteiger partial charge in [0.1, 0.15) is 5.44 Å². The van der Waals surface area contributed by atoms with Crippen LogP contribution in [0.25, 0.3) is 0 Å². The van der Waals surface area contributed by atoms with Gasteiger partial charge in [-0.25, -0.2) is 4.98 Å². The number of rotatable bonds is 3. The fourth-order valence-corrected chi connectivity index (χ4v) is 1.74. The van der Waals surface area contributed by atoms with Crippen LogP contribution in [0.5, 0.6) is 0 Å². The molecule has 2 rings (SSSR count). The van der Waals surface area contributed by atoms with Crippen molar-refractivity contribution in [2.45, 2.75) is 6.42 Å². The highest BCUT2D eigenvalue weighted by Gasteiger charge is 1.98. The Morgan fingerprint density at radius 1 is 1.00 bits per heavy atom. The number of aromatic nitrogens is 1. The number of nitrogens with zero attached hydrogens (tertiary/aromatic N) is 1. The molecule has 2 nitrogen and oxygen atoms in total. The summed E-state index contributed by atoms with van der Waals surface area (Å²) >= 11 is 0. The zero-order valence-electron chi connectivity index (χ0n) is 8.13. The Balaban J connectivity index is 2.21. The van der Waals surface area contributed by atoms with Crippen LogP contribution in [-0.4, -0.2) is 4.98 Å². The van der Waals surface area contributed by atoms with Crippen molar-refractivity contribution in [2.75, 3.05) is 0 Å². The van der Waals surface area contributed by atoms with Gasteiger partial charge >= 0.3 is 0 Å². The second kappa shape index (κ2) is 4.81. The van der Waals surface area contributed by atoms with Crippen LogP contribution in [0.3, 0.4) is 0 Å². The van der Waals surface area contributed by atoms with Crippen LogP contribution in [0.1, 0.15) is 11.3 Å². The maximum Gasteiger partial charge on any atom is 0.212 e. The van der Waals surface area contributed by atoms with E-state index in [1.807, 2.05) is 30.3 Å². The third-order valence-corrected chi connectivity index (χ3v) is 2.55. The lowest BCUT2D eigenvalue weighted by Crippen LogP contribution is -2.02. The van der Waals surface area contributed by atoms with E-state index in [0.717, 1.165) is 12.1 Å². The van der Waals surface area contributed by atoms with Gasteiger partial charge in [-0.15, -0.1) is 0 Å². The number of hydrogen-bond donors (Lipinski definition) is 0. The summed E-state index contributed by atoms with van der Waals surface area (Å²) in [7, 11) is -0.0208. The molecule has 74 valence electrons. The van der Waals surface area contributed by atoms with Gasteiger partial charge in [-0.05, 0) is 17.7 Å². The lowest BCUT2D eigenvalue weighted by Gasteiger charge is -2.00. The highest BCUT2D eigenvalue weighted by atomic mass is 31.1. The summed E-state index contributed by atoms with van der Waals surface area (Å²) in [6, 6.07) is 15.7. The molecule has 0 unspecified atom stereocenters. The Labute approximate surface area is 90.2 Å². The van der Waals surface area contributed by atoms with Gasteiger partial charge in [-0.3, -0.25) is 4.57 Å². The standard InChI is InChI=1S/C12H10NOP/c14-15-12-8-4-7-11(13-12)9-10-5-2-1-3-6-10/h1-8H,9H2. The average Bonchev–Trinajstić information content (AvgIpc) is 2.31. The van der Waals surface area contributed by atoms with Crippen LogP contribution >= 0.6 is 8.46 Å². The second-order valence-electron chi connectivity index (χ2n) is 3.24. The molecule has 1 aromatic heterocycles. The summed E-state index contributed by atoms with van der Waals surface area (Å²) in [5, 5.41) is 0. The largest absolute Gasteiger partial charge is 0.268 e. The molecule has 0 aliphatic heterocycles. The van der Waals surface area contributed by atoms with E-state index in [0.29, 0.717) is 5.44 Å². The first-order valence-corrected chi connectivity index (χ1v) is 5.53. The van der Waals surface area contributed by atoms with Crippen molar-refractivity contribution < 1.29 is 4.57 Å². The van der Waals surface area contributed by atoms with E-state index in [1.165, 1.54) is 5.56 Å². The third-order valence-electron chi connectivity index (χ3n) is 2.11. The molecule has 0 N–H and O–H groups in total. The van der Waals surface area contributed by atoms with Crippen LogP contribution in [0, 0.1) is 0 Å². The van der Waals surface area contributed by atoms with Crippen molar-refractivity contribution in [3.8, 4) is 0 Å². The molecule has 0 radical (unpaired) electrons. The minimum atomic E-state index is -0.0208. The summed E-state index contributed by atoms with van der Waals surface area (Å²) < 4.78 is 10.6. The van der Waals surface area contributed by atoms with Crippen molar-refractivity contribution in [3.05, 3.63) is 59.8 Å². The van der Waals surface area contributed by atoms with E-state index < -0.39 is 0 Å². The molecule has 0 aliphatic carbocycles. The maximum atomic E-state index is 10.6. The zero-order chi connectivity index (χ0) is 10.5. The van der Waals surface area contributed by atoms with Crippen molar-refractivity contribution in [3.63, 3.8) is 0 Å². The second-order valence-corrected chi connectivity index (χ2v) is 3.88. The lowest BCUT2D eigenvalue weighted by molar-refractivity contribution is 0.602. The molecular weight excluding hydrogens is 205 g/mol. The summed E-state index contributed by atoms with van der Waals surface area (Å²) in [5.74, 6) is 0. The van der Waals surface area contributed by atoms with E-state index in [4.69, 9.17) is 0 Å². The molecular formula is C12H10NOP. The molecule has 0 aliphatic rings. The number of benzene rings is 1. The van der Waals surface area contributed by atoms with Crippen LogP contribution < -0.4 is 5.44 Å². The Morgan fingerprint density at radius 3 is 2.53 bits per heavy atom. The van der Waals surface area contributed by atoms with Gasteiger partial charge in [0.2, 0.25) is 8.46 Å². The molecule has 2 aromatic rings. The first kappa shape index (κ1) is 10.0. The molecule has 15 heavy (non-hydrogen) atoms. The zero-order valence-corrected chi connectivity index (χ0v) is 9.02. The molecule has 0 saturated carbocycles. The lowest BCUT2D eigenvalue weighted by atomic mass is 10.1.